The lowest BCUT2D eigenvalue weighted by molar-refractivity contribution is 0.173. The number of benzene rings is 1. The number of rotatable bonds is 5. The van der Waals surface area contributed by atoms with E-state index in [1.165, 1.54) is 0 Å². The number of nitrogens with two attached hydrogens (primary N) is 1. The third-order valence-corrected chi connectivity index (χ3v) is 3.08. The van der Waals surface area contributed by atoms with Crippen LogP contribution in [0.4, 0.5) is 0 Å². The van der Waals surface area contributed by atoms with Crippen molar-refractivity contribution >= 4 is 0 Å². The first-order valence-corrected chi connectivity index (χ1v) is 6.31. The van der Waals surface area contributed by atoms with Crippen LogP contribution < -0.4 is 19.9 Å². The summed E-state index contributed by atoms with van der Waals surface area (Å²) in [6.07, 6.45) is 0.696. The van der Waals surface area contributed by atoms with Crippen LogP contribution in [0.15, 0.2) is 16.8 Å². The molecule has 1 aliphatic heterocycles. The Hall–Kier alpha value is -2.28. The lowest BCUT2D eigenvalue weighted by Crippen LogP contribution is -2.06. The van der Waals surface area contributed by atoms with Gasteiger partial charge in [0, 0.05) is 6.07 Å². The molecule has 7 nitrogen and oxygen atoms in total. The van der Waals surface area contributed by atoms with E-state index in [1.54, 1.807) is 0 Å². The summed E-state index contributed by atoms with van der Waals surface area (Å²) in [5.41, 5.74) is 7.98. The van der Waals surface area contributed by atoms with Gasteiger partial charge in [0.2, 0.25) is 6.79 Å². The van der Waals surface area contributed by atoms with E-state index in [-0.39, 0.29) is 13.4 Å². The summed E-state index contributed by atoms with van der Waals surface area (Å²) in [5, 5.41) is 7.50. The fourth-order valence-electron chi connectivity index (χ4n) is 1.98. The van der Waals surface area contributed by atoms with Crippen LogP contribution in [0, 0.1) is 6.92 Å². The van der Waals surface area contributed by atoms with Crippen molar-refractivity contribution in [3.63, 3.8) is 0 Å². The van der Waals surface area contributed by atoms with E-state index in [9.17, 15) is 0 Å². The highest BCUT2D eigenvalue weighted by molar-refractivity contribution is 5.52. The van der Waals surface area contributed by atoms with Gasteiger partial charge in [-0.3, -0.25) is 0 Å². The Bertz CT molecular complexity index is 612. The minimum Gasteiger partial charge on any atom is -0.487 e. The van der Waals surface area contributed by atoms with E-state index in [2.05, 4.69) is 14.9 Å². The van der Waals surface area contributed by atoms with Crippen LogP contribution in [-0.2, 0) is 13.0 Å². The molecular formula is C13H15N3O4. The van der Waals surface area contributed by atoms with Crippen LogP contribution in [0.25, 0.3) is 0 Å². The fourth-order valence-corrected chi connectivity index (χ4v) is 1.98. The molecule has 0 saturated heterocycles. The summed E-state index contributed by atoms with van der Waals surface area (Å²) in [6.45, 7) is 2.86. The number of nitrogens with zero attached hydrogens (tertiary/aromatic N) is 2. The van der Waals surface area contributed by atoms with E-state index in [0.29, 0.717) is 35.9 Å². The molecule has 2 heterocycles. The quantitative estimate of drug-likeness (QED) is 0.877. The third kappa shape index (κ3) is 2.39. The normalized spacial score (nSPS) is 12.7. The van der Waals surface area contributed by atoms with Gasteiger partial charge in [-0.2, -0.15) is 0 Å². The maximum Gasteiger partial charge on any atom is 0.231 e. The molecule has 0 spiro atoms. The Balaban J connectivity index is 1.82. The Kier molecular flexibility index (Phi) is 3.42. The second kappa shape index (κ2) is 5.38. The molecule has 0 aliphatic carbocycles. The summed E-state index contributed by atoms with van der Waals surface area (Å²) in [4.78, 5) is 0. The van der Waals surface area contributed by atoms with Gasteiger partial charge in [0.15, 0.2) is 11.5 Å². The van der Waals surface area contributed by atoms with Gasteiger partial charge in [-0.05, 0) is 31.5 Å². The molecule has 0 bridgehead atoms. The van der Waals surface area contributed by atoms with Crippen molar-refractivity contribution in [1.82, 2.24) is 10.3 Å². The van der Waals surface area contributed by atoms with Crippen molar-refractivity contribution in [2.75, 3.05) is 13.3 Å². The number of aryl methyl sites for hydroxylation is 1. The minimum absolute atomic E-state index is 0.229. The van der Waals surface area contributed by atoms with Gasteiger partial charge in [0.1, 0.15) is 23.7 Å². The first kappa shape index (κ1) is 12.7. The second-order valence-corrected chi connectivity index (χ2v) is 4.44. The van der Waals surface area contributed by atoms with Crippen molar-refractivity contribution < 1.29 is 18.8 Å². The van der Waals surface area contributed by atoms with Gasteiger partial charge >= 0.3 is 0 Å². The summed E-state index contributed by atoms with van der Waals surface area (Å²) in [7, 11) is 0. The average Bonchev–Trinajstić information content (AvgIpc) is 3.05. The van der Waals surface area contributed by atoms with Crippen LogP contribution in [-0.4, -0.2) is 23.7 Å². The third-order valence-electron chi connectivity index (χ3n) is 3.08. The highest BCUT2D eigenvalue weighted by Gasteiger charge is 2.18. The first-order chi connectivity index (χ1) is 9.78. The van der Waals surface area contributed by atoms with E-state index in [4.69, 9.17) is 19.9 Å². The number of hydrogen-bond donors (Lipinski definition) is 1. The van der Waals surface area contributed by atoms with Gasteiger partial charge < -0.3 is 19.9 Å². The standard InChI is InChI=1S/C13H15N3O4/c1-8-10(16-20-15-8)6-17-11-5-13-12(18-7-19-13)4-9(11)2-3-14/h4-5H,2-3,6-7,14H2,1H3. The molecule has 7 heteroatoms. The maximum atomic E-state index is 5.79. The zero-order valence-electron chi connectivity index (χ0n) is 11.1. The van der Waals surface area contributed by atoms with Gasteiger partial charge in [-0.15, -0.1) is 0 Å². The lowest BCUT2D eigenvalue weighted by atomic mass is 10.1. The molecule has 2 N–H and O–H groups in total. The Labute approximate surface area is 115 Å². The summed E-state index contributed by atoms with van der Waals surface area (Å²) in [6, 6.07) is 3.72. The van der Waals surface area contributed by atoms with E-state index >= 15 is 0 Å². The van der Waals surface area contributed by atoms with Gasteiger partial charge in [-0.1, -0.05) is 10.3 Å². The topological polar surface area (TPSA) is 92.6 Å². The summed E-state index contributed by atoms with van der Waals surface area (Å²) >= 11 is 0. The van der Waals surface area contributed by atoms with Gasteiger partial charge in [0.05, 0.1) is 0 Å². The molecule has 2 aromatic rings. The van der Waals surface area contributed by atoms with Crippen LogP contribution in [0.1, 0.15) is 17.0 Å². The van der Waals surface area contributed by atoms with Crippen LogP contribution >= 0.6 is 0 Å². The fraction of sp³-hybridized carbons (Fsp3) is 0.385. The van der Waals surface area contributed by atoms with Crippen molar-refractivity contribution in [3.05, 3.63) is 29.1 Å². The van der Waals surface area contributed by atoms with Crippen LogP contribution in [0.5, 0.6) is 17.2 Å². The number of aromatic nitrogens is 2. The van der Waals surface area contributed by atoms with Crippen molar-refractivity contribution in [3.8, 4) is 17.2 Å². The molecule has 1 aliphatic rings. The molecule has 1 aromatic heterocycles. The van der Waals surface area contributed by atoms with Crippen molar-refractivity contribution in [1.29, 1.82) is 0 Å². The monoisotopic (exact) mass is 277 g/mol. The predicted octanol–water partition coefficient (Wildman–Crippen LogP) is 1.19. The molecule has 0 unspecified atom stereocenters. The molecule has 20 heavy (non-hydrogen) atoms. The Morgan fingerprint density at radius 2 is 2.05 bits per heavy atom. The van der Waals surface area contributed by atoms with Crippen LogP contribution in [0.2, 0.25) is 0 Å². The lowest BCUT2D eigenvalue weighted by Gasteiger charge is -2.11. The smallest absolute Gasteiger partial charge is 0.231 e. The highest BCUT2D eigenvalue weighted by Crippen LogP contribution is 2.38. The molecular weight excluding hydrogens is 262 g/mol. The zero-order chi connectivity index (χ0) is 13.9. The molecule has 0 atom stereocenters. The molecule has 106 valence electrons. The summed E-state index contributed by atoms with van der Waals surface area (Å²) in [5.74, 6) is 2.11. The first-order valence-electron chi connectivity index (χ1n) is 6.31. The molecule has 0 fully saturated rings. The zero-order valence-corrected chi connectivity index (χ0v) is 11.1. The highest BCUT2D eigenvalue weighted by atomic mass is 16.7. The average molecular weight is 277 g/mol. The van der Waals surface area contributed by atoms with Gasteiger partial charge in [0.25, 0.3) is 0 Å². The van der Waals surface area contributed by atoms with Crippen LogP contribution in [0.3, 0.4) is 0 Å². The molecule has 0 saturated carbocycles. The largest absolute Gasteiger partial charge is 0.487 e. The number of hydrogen-bond acceptors (Lipinski definition) is 7. The van der Waals surface area contributed by atoms with Crippen molar-refractivity contribution in [2.45, 2.75) is 20.0 Å². The maximum absolute atomic E-state index is 5.79. The number of fused-ring (bicyclic) bond motifs is 1. The van der Waals surface area contributed by atoms with Gasteiger partial charge in [-0.25, -0.2) is 4.63 Å². The van der Waals surface area contributed by atoms with E-state index < -0.39 is 0 Å². The Morgan fingerprint density at radius 1 is 1.25 bits per heavy atom. The molecule has 1 aromatic carbocycles. The molecule has 0 radical (unpaired) electrons. The SMILES string of the molecule is Cc1nonc1COc1cc2c(cc1CCN)OCO2. The predicted molar refractivity (Wildman–Crippen MR) is 68.7 cm³/mol. The van der Waals surface area contributed by atoms with E-state index in [1.807, 2.05) is 19.1 Å². The summed E-state index contributed by atoms with van der Waals surface area (Å²) < 4.78 is 21.1. The Morgan fingerprint density at radius 3 is 2.75 bits per heavy atom. The number of ether oxygens (including phenoxy) is 3. The van der Waals surface area contributed by atoms with Crippen molar-refractivity contribution in [2.24, 2.45) is 5.73 Å². The second-order valence-electron chi connectivity index (χ2n) is 4.44. The minimum atomic E-state index is 0.229. The molecule has 3 rings (SSSR count). The van der Waals surface area contributed by atoms with E-state index in [0.717, 1.165) is 11.3 Å². The molecule has 0 amide bonds.